The average molecular weight is 506 g/mol. The molecule has 2 amide bonds. The number of benzene rings is 2. The third-order valence-corrected chi connectivity index (χ3v) is 6.84. The van der Waals surface area contributed by atoms with Crippen LogP contribution in [0.25, 0.3) is 0 Å². The van der Waals surface area contributed by atoms with Crippen molar-refractivity contribution < 1.29 is 22.4 Å². The molecule has 0 saturated heterocycles. The van der Waals surface area contributed by atoms with E-state index in [2.05, 4.69) is 26.1 Å². The molecule has 1 N–H and O–H groups in total. The summed E-state index contributed by atoms with van der Waals surface area (Å²) >= 11 is 0. The number of hydrogen-bond acceptors (Lipinski definition) is 4. The minimum absolute atomic E-state index is 0.0370. The Hall–Kier alpha value is -2.94. The Kier molecular flexibility index (Phi) is 9.43. The second-order valence-electron chi connectivity index (χ2n) is 9.53. The number of sulfonamides is 1. The predicted octanol–water partition coefficient (Wildman–Crippen LogP) is 3.83. The van der Waals surface area contributed by atoms with E-state index in [1.54, 1.807) is 38.1 Å². The molecule has 0 heterocycles. The van der Waals surface area contributed by atoms with Crippen molar-refractivity contribution in [2.24, 2.45) is 0 Å². The lowest BCUT2D eigenvalue weighted by Crippen LogP contribution is -2.52. The van der Waals surface area contributed by atoms with Gasteiger partial charge in [-0.2, -0.15) is 0 Å². The van der Waals surface area contributed by atoms with E-state index in [4.69, 9.17) is 0 Å². The molecule has 0 bridgehead atoms. The van der Waals surface area contributed by atoms with Gasteiger partial charge in [0.25, 0.3) is 0 Å². The standard InChI is InChI=1S/C26H36FN3O4S/c1-7-23(25(32)28-8-2)29(17-19-9-13-21(27)14-10-19)24(31)18-30(35(6,33)34)22-15-11-20(12-16-22)26(3,4)5/h9-16,23H,7-8,17-18H2,1-6H3,(H,28,32)/t23-/m0/s1. The van der Waals surface area contributed by atoms with Gasteiger partial charge in [0, 0.05) is 13.1 Å². The van der Waals surface area contributed by atoms with Crippen molar-refractivity contribution in [1.29, 1.82) is 0 Å². The highest BCUT2D eigenvalue weighted by atomic mass is 32.2. The molecule has 7 nitrogen and oxygen atoms in total. The van der Waals surface area contributed by atoms with E-state index in [9.17, 15) is 22.4 Å². The fraction of sp³-hybridized carbons (Fsp3) is 0.462. The number of likely N-dealkylation sites (N-methyl/N-ethyl adjacent to an activating group) is 1. The largest absolute Gasteiger partial charge is 0.355 e. The fourth-order valence-corrected chi connectivity index (χ4v) is 4.59. The fourth-order valence-electron chi connectivity index (χ4n) is 3.74. The molecule has 0 fully saturated rings. The number of nitrogens with zero attached hydrogens (tertiary/aromatic N) is 2. The minimum atomic E-state index is -3.80. The minimum Gasteiger partial charge on any atom is -0.355 e. The molecular formula is C26H36FN3O4S. The number of nitrogens with one attached hydrogen (secondary N) is 1. The molecule has 35 heavy (non-hydrogen) atoms. The van der Waals surface area contributed by atoms with Gasteiger partial charge in [-0.3, -0.25) is 13.9 Å². The van der Waals surface area contributed by atoms with E-state index in [-0.39, 0.29) is 17.9 Å². The Morgan fingerprint density at radius 2 is 1.57 bits per heavy atom. The molecule has 2 rings (SSSR count). The number of rotatable bonds is 10. The SMILES string of the molecule is CCNC(=O)[C@H](CC)N(Cc1ccc(F)cc1)C(=O)CN(c1ccc(C(C)(C)C)cc1)S(C)(=O)=O. The Bertz CT molecular complexity index is 1110. The lowest BCUT2D eigenvalue weighted by Gasteiger charge is -2.33. The Morgan fingerprint density at radius 1 is 1.00 bits per heavy atom. The number of anilines is 1. The first kappa shape index (κ1) is 28.3. The molecular weight excluding hydrogens is 469 g/mol. The number of carbonyl (C=O) groups excluding carboxylic acids is 2. The van der Waals surface area contributed by atoms with Gasteiger partial charge in [-0.05, 0) is 54.2 Å². The molecule has 1 atom stereocenters. The highest BCUT2D eigenvalue weighted by Gasteiger charge is 2.31. The lowest BCUT2D eigenvalue weighted by molar-refractivity contribution is -0.140. The van der Waals surface area contributed by atoms with Crippen LogP contribution in [0.5, 0.6) is 0 Å². The highest BCUT2D eigenvalue weighted by Crippen LogP contribution is 2.26. The Morgan fingerprint density at radius 3 is 2.03 bits per heavy atom. The monoisotopic (exact) mass is 505 g/mol. The van der Waals surface area contributed by atoms with Crippen LogP contribution in [-0.4, -0.2) is 50.5 Å². The van der Waals surface area contributed by atoms with Crippen molar-refractivity contribution in [3.05, 3.63) is 65.5 Å². The molecule has 2 aromatic rings. The molecule has 9 heteroatoms. The van der Waals surface area contributed by atoms with Crippen LogP contribution in [0.3, 0.4) is 0 Å². The molecule has 2 aromatic carbocycles. The average Bonchev–Trinajstić information content (AvgIpc) is 2.77. The first-order valence-electron chi connectivity index (χ1n) is 11.7. The first-order valence-corrected chi connectivity index (χ1v) is 13.5. The lowest BCUT2D eigenvalue weighted by atomic mass is 9.87. The van der Waals surface area contributed by atoms with E-state index in [1.165, 1.54) is 17.0 Å². The van der Waals surface area contributed by atoms with E-state index in [0.717, 1.165) is 16.1 Å². The number of halogens is 1. The summed E-state index contributed by atoms with van der Waals surface area (Å²) < 4.78 is 39.8. The van der Waals surface area contributed by atoms with Gasteiger partial charge in [-0.25, -0.2) is 12.8 Å². The van der Waals surface area contributed by atoms with Crippen LogP contribution in [0, 0.1) is 5.82 Å². The maximum absolute atomic E-state index is 13.5. The van der Waals surface area contributed by atoms with Crippen molar-refractivity contribution in [3.63, 3.8) is 0 Å². The summed E-state index contributed by atoms with van der Waals surface area (Å²) in [5.41, 5.74) is 1.91. The van der Waals surface area contributed by atoms with Gasteiger partial charge in [0.15, 0.2) is 0 Å². The van der Waals surface area contributed by atoms with Crippen LogP contribution in [0.1, 0.15) is 52.2 Å². The quantitative estimate of drug-likeness (QED) is 0.532. The van der Waals surface area contributed by atoms with Crippen molar-refractivity contribution in [1.82, 2.24) is 10.2 Å². The third-order valence-electron chi connectivity index (χ3n) is 5.70. The van der Waals surface area contributed by atoms with Gasteiger partial charge in [0.1, 0.15) is 18.4 Å². The number of carbonyl (C=O) groups is 2. The molecule has 192 valence electrons. The zero-order valence-electron chi connectivity index (χ0n) is 21.3. The molecule has 0 unspecified atom stereocenters. The molecule has 0 aliphatic carbocycles. The summed E-state index contributed by atoms with van der Waals surface area (Å²) in [5, 5.41) is 2.74. The summed E-state index contributed by atoms with van der Waals surface area (Å²) in [5.74, 6) is -1.27. The summed E-state index contributed by atoms with van der Waals surface area (Å²) in [4.78, 5) is 27.7. The summed E-state index contributed by atoms with van der Waals surface area (Å²) in [6, 6.07) is 11.9. The number of amides is 2. The molecule has 0 radical (unpaired) electrons. The highest BCUT2D eigenvalue weighted by molar-refractivity contribution is 7.92. The van der Waals surface area contributed by atoms with Crippen LogP contribution < -0.4 is 9.62 Å². The summed E-state index contributed by atoms with van der Waals surface area (Å²) in [7, 11) is -3.80. The molecule has 0 spiro atoms. The van der Waals surface area contributed by atoms with Gasteiger partial charge in [-0.15, -0.1) is 0 Å². The van der Waals surface area contributed by atoms with E-state index in [0.29, 0.717) is 24.2 Å². The Balaban J connectivity index is 2.42. The van der Waals surface area contributed by atoms with Crippen molar-refractivity contribution in [2.75, 3.05) is 23.7 Å². The second-order valence-corrected chi connectivity index (χ2v) is 11.4. The smallest absolute Gasteiger partial charge is 0.244 e. The van der Waals surface area contributed by atoms with Crippen LogP contribution >= 0.6 is 0 Å². The summed E-state index contributed by atoms with van der Waals surface area (Å²) in [6.07, 6.45) is 1.38. The van der Waals surface area contributed by atoms with Crippen LogP contribution in [0.15, 0.2) is 48.5 Å². The maximum atomic E-state index is 13.5. The van der Waals surface area contributed by atoms with Crippen LogP contribution in [0.2, 0.25) is 0 Å². The zero-order valence-corrected chi connectivity index (χ0v) is 22.2. The van der Waals surface area contributed by atoms with E-state index in [1.807, 2.05) is 12.1 Å². The van der Waals surface area contributed by atoms with E-state index >= 15 is 0 Å². The maximum Gasteiger partial charge on any atom is 0.244 e. The third kappa shape index (κ3) is 7.78. The molecule has 0 aromatic heterocycles. The molecule has 0 aliphatic rings. The van der Waals surface area contributed by atoms with Crippen molar-refractivity contribution in [2.45, 2.75) is 59.0 Å². The van der Waals surface area contributed by atoms with Crippen LogP contribution in [-0.2, 0) is 31.6 Å². The first-order chi connectivity index (χ1) is 16.3. The van der Waals surface area contributed by atoms with Crippen molar-refractivity contribution >= 4 is 27.5 Å². The van der Waals surface area contributed by atoms with Crippen molar-refractivity contribution in [3.8, 4) is 0 Å². The van der Waals surface area contributed by atoms with E-state index < -0.39 is 34.3 Å². The summed E-state index contributed by atoms with van der Waals surface area (Å²) in [6.45, 7) is 9.69. The van der Waals surface area contributed by atoms with Gasteiger partial charge in [0.05, 0.1) is 11.9 Å². The molecule has 0 saturated carbocycles. The van der Waals surface area contributed by atoms with Crippen LogP contribution in [0.4, 0.5) is 10.1 Å². The predicted molar refractivity (Wildman–Crippen MR) is 137 cm³/mol. The Labute approximate surface area is 208 Å². The van der Waals surface area contributed by atoms with Gasteiger partial charge < -0.3 is 10.2 Å². The topological polar surface area (TPSA) is 86.8 Å². The van der Waals surface area contributed by atoms with Gasteiger partial charge >= 0.3 is 0 Å². The normalized spacial score (nSPS) is 12.7. The second kappa shape index (κ2) is 11.7. The van der Waals surface area contributed by atoms with Gasteiger partial charge in [0.2, 0.25) is 21.8 Å². The molecule has 0 aliphatic heterocycles. The zero-order chi connectivity index (χ0) is 26.4. The number of hydrogen-bond donors (Lipinski definition) is 1. The van der Waals surface area contributed by atoms with Gasteiger partial charge in [-0.1, -0.05) is 52.0 Å².